The molecule has 0 bridgehead atoms. The molecular formula is C17H21BrN4O. The lowest BCUT2D eigenvalue weighted by molar-refractivity contribution is 0.102. The van der Waals surface area contributed by atoms with Crippen LogP contribution in [0.4, 0.5) is 11.5 Å². The van der Waals surface area contributed by atoms with E-state index in [4.69, 9.17) is 0 Å². The number of pyridine rings is 1. The fourth-order valence-electron chi connectivity index (χ4n) is 1.96. The molecule has 23 heavy (non-hydrogen) atoms. The summed E-state index contributed by atoms with van der Waals surface area (Å²) in [6.07, 6.45) is 1.58. The summed E-state index contributed by atoms with van der Waals surface area (Å²) in [5.41, 5.74) is 2.40. The number of anilines is 2. The summed E-state index contributed by atoms with van der Waals surface area (Å²) in [4.78, 5) is 18.6. The van der Waals surface area contributed by atoms with E-state index < -0.39 is 0 Å². The lowest BCUT2D eigenvalue weighted by Gasteiger charge is -2.11. The van der Waals surface area contributed by atoms with Gasteiger partial charge in [-0.3, -0.25) is 4.79 Å². The Morgan fingerprint density at radius 2 is 2.04 bits per heavy atom. The van der Waals surface area contributed by atoms with E-state index in [0.29, 0.717) is 5.56 Å². The van der Waals surface area contributed by atoms with Crippen LogP contribution < -0.4 is 10.6 Å². The lowest BCUT2D eigenvalue weighted by Crippen LogP contribution is -2.21. The first-order valence-electron chi connectivity index (χ1n) is 7.38. The number of nitrogens with one attached hydrogen (secondary N) is 2. The molecule has 0 saturated carbocycles. The molecule has 0 saturated heterocycles. The van der Waals surface area contributed by atoms with Gasteiger partial charge in [0.05, 0.1) is 11.3 Å². The van der Waals surface area contributed by atoms with Gasteiger partial charge in [-0.2, -0.15) is 0 Å². The van der Waals surface area contributed by atoms with Crippen LogP contribution in [0.15, 0.2) is 41.0 Å². The molecule has 0 spiro atoms. The minimum absolute atomic E-state index is 0.179. The van der Waals surface area contributed by atoms with Crippen LogP contribution in [-0.2, 0) is 0 Å². The molecule has 0 aliphatic carbocycles. The number of hydrogen-bond acceptors (Lipinski definition) is 4. The van der Waals surface area contributed by atoms with Gasteiger partial charge in [0.1, 0.15) is 5.82 Å². The fourth-order valence-corrected chi connectivity index (χ4v) is 2.55. The van der Waals surface area contributed by atoms with Crippen molar-refractivity contribution >= 4 is 33.3 Å². The zero-order valence-electron chi connectivity index (χ0n) is 13.6. The molecule has 5 nitrogen and oxygen atoms in total. The second-order valence-corrected chi connectivity index (χ2v) is 6.45. The van der Waals surface area contributed by atoms with Crippen molar-refractivity contribution in [3.05, 3.63) is 52.1 Å². The van der Waals surface area contributed by atoms with Crippen LogP contribution in [-0.4, -0.2) is 43.0 Å². The first-order valence-corrected chi connectivity index (χ1v) is 8.17. The molecule has 1 heterocycles. The number of carbonyl (C=O) groups excluding carboxylic acids is 1. The van der Waals surface area contributed by atoms with Crippen molar-refractivity contribution in [1.29, 1.82) is 0 Å². The lowest BCUT2D eigenvalue weighted by atomic mass is 10.2. The Bertz CT molecular complexity index is 671. The zero-order chi connectivity index (χ0) is 16.8. The molecule has 2 aromatic rings. The molecule has 0 atom stereocenters. The van der Waals surface area contributed by atoms with E-state index in [2.05, 4.69) is 36.4 Å². The van der Waals surface area contributed by atoms with Crippen molar-refractivity contribution in [2.45, 2.75) is 6.92 Å². The van der Waals surface area contributed by atoms with Gasteiger partial charge in [0.15, 0.2) is 0 Å². The Balaban J connectivity index is 1.97. The van der Waals surface area contributed by atoms with Crippen molar-refractivity contribution in [1.82, 2.24) is 9.88 Å². The van der Waals surface area contributed by atoms with Crippen molar-refractivity contribution in [2.75, 3.05) is 37.8 Å². The van der Waals surface area contributed by atoms with Crippen molar-refractivity contribution in [3.8, 4) is 0 Å². The molecule has 0 aliphatic rings. The Morgan fingerprint density at radius 1 is 1.26 bits per heavy atom. The Hall–Kier alpha value is -1.92. The molecule has 0 aliphatic heterocycles. The van der Waals surface area contributed by atoms with Crippen LogP contribution in [0, 0.1) is 6.92 Å². The number of halogens is 1. The summed E-state index contributed by atoms with van der Waals surface area (Å²) in [7, 11) is 4.04. The first-order chi connectivity index (χ1) is 11.0. The summed E-state index contributed by atoms with van der Waals surface area (Å²) in [5, 5.41) is 6.09. The predicted octanol–water partition coefficient (Wildman–Crippen LogP) is 3.38. The third-order valence-corrected chi connectivity index (χ3v) is 3.92. The molecular weight excluding hydrogens is 356 g/mol. The smallest absolute Gasteiger partial charge is 0.257 e. The van der Waals surface area contributed by atoms with Gasteiger partial charge < -0.3 is 15.5 Å². The highest BCUT2D eigenvalue weighted by Gasteiger charge is 2.09. The van der Waals surface area contributed by atoms with Gasteiger partial charge in [0.25, 0.3) is 5.91 Å². The Labute approximate surface area is 145 Å². The van der Waals surface area contributed by atoms with Crippen LogP contribution in [0.3, 0.4) is 0 Å². The average Bonchev–Trinajstić information content (AvgIpc) is 2.50. The molecule has 0 fully saturated rings. The summed E-state index contributed by atoms with van der Waals surface area (Å²) < 4.78 is 0.862. The summed E-state index contributed by atoms with van der Waals surface area (Å²) in [6.45, 7) is 3.73. The third kappa shape index (κ3) is 5.33. The van der Waals surface area contributed by atoms with Crippen molar-refractivity contribution in [2.24, 2.45) is 0 Å². The largest absolute Gasteiger partial charge is 0.369 e. The minimum Gasteiger partial charge on any atom is -0.369 e. The topological polar surface area (TPSA) is 57.3 Å². The molecule has 2 N–H and O–H groups in total. The van der Waals surface area contributed by atoms with Crippen LogP contribution in [0.5, 0.6) is 0 Å². The van der Waals surface area contributed by atoms with Crippen LogP contribution in [0.1, 0.15) is 15.9 Å². The number of likely N-dealkylation sites (N-methyl/N-ethyl adjacent to an activating group) is 1. The van der Waals surface area contributed by atoms with Crippen molar-refractivity contribution in [3.63, 3.8) is 0 Å². The van der Waals surface area contributed by atoms with Crippen molar-refractivity contribution < 1.29 is 4.79 Å². The number of rotatable bonds is 6. The number of benzene rings is 1. The minimum atomic E-state index is -0.179. The molecule has 0 unspecified atom stereocenters. The Kier molecular flexibility index (Phi) is 6.12. The maximum atomic E-state index is 12.3. The van der Waals surface area contributed by atoms with Crippen LogP contribution in [0.25, 0.3) is 0 Å². The number of carbonyl (C=O) groups is 1. The average molecular weight is 377 g/mol. The maximum absolute atomic E-state index is 12.3. The zero-order valence-corrected chi connectivity index (χ0v) is 15.1. The fraction of sp³-hybridized carbons (Fsp3) is 0.294. The molecule has 6 heteroatoms. The van der Waals surface area contributed by atoms with Gasteiger partial charge >= 0.3 is 0 Å². The van der Waals surface area contributed by atoms with E-state index in [1.165, 1.54) is 0 Å². The number of aromatic nitrogens is 1. The molecule has 0 radical (unpaired) electrons. The van der Waals surface area contributed by atoms with Crippen LogP contribution in [0.2, 0.25) is 0 Å². The second kappa shape index (κ2) is 8.08. The molecule has 2 rings (SSSR count). The molecule has 122 valence electrons. The molecule has 1 aromatic carbocycles. The van der Waals surface area contributed by atoms with Gasteiger partial charge in [0, 0.05) is 23.8 Å². The summed E-state index contributed by atoms with van der Waals surface area (Å²) >= 11 is 3.46. The Morgan fingerprint density at radius 3 is 2.65 bits per heavy atom. The first kappa shape index (κ1) is 17.4. The second-order valence-electron chi connectivity index (χ2n) is 5.60. The summed E-state index contributed by atoms with van der Waals surface area (Å²) in [6, 6.07) is 9.38. The van der Waals surface area contributed by atoms with E-state index in [1.54, 1.807) is 12.3 Å². The highest BCUT2D eigenvalue weighted by atomic mass is 79.9. The quantitative estimate of drug-likeness (QED) is 0.811. The third-order valence-electron chi connectivity index (χ3n) is 3.26. The van der Waals surface area contributed by atoms with E-state index in [1.807, 2.05) is 45.3 Å². The number of hydrogen-bond donors (Lipinski definition) is 2. The van der Waals surface area contributed by atoms with E-state index in [0.717, 1.165) is 34.6 Å². The van der Waals surface area contributed by atoms with E-state index >= 15 is 0 Å². The molecule has 1 aromatic heterocycles. The monoisotopic (exact) mass is 376 g/mol. The predicted molar refractivity (Wildman–Crippen MR) is 98.1 cm³/mol. The highest BCUT2D eigenvalue weighted by Crippen LogP contribution is 2.23. The van der Waals surface area contributed by atoms with E-state index in [9.17, 15) is 4.79 Å². The number of nitrogens with zero attached hydrogens (tertiary/aromatic N) is 2. The number of aryl methyl sites for hydroxylation is 1. The van der Waals surface area contributed by atoms with E-state index in [-0.39, 0.29) is 5.91 Å². The normalized spacial score (nSPS) is 10.7. The standard InChI is InChI=1S/C17H21BrN4O/c1-12-4-6-15(14(18)10-12)21-17(23)13-5-7-16(20-11-13)19-8-9-22(2)3/h4-7,10-11H,8-9H2,1-3H3,(H,19,20)(H,21,23). The molecule has 1 amide bonds. The van der Waals surface area contributed by atoms with Gasteiger partial charge in [-0.15, -0.1) is 0 Å². The summed E-state index contributed by atoms with van der Waals surface area (Å²) in [5.74, 6) is 0.585. The van der Waals surface area contributed by atoms with Gasteiger partial charge in [0.2, 0.25) is 0 Å². The number of amides is 1. The SMILES string of the molecule is Cc1ccc(NC(=O)c2ccc(NCCN(C)C)nc2)c(Br)c1. The highest BCUT2D eigenvalue weighted by molar-refractivity contribution is 9.10. The van der Waals surface area contributed by atoms with Gasteiger partial charge in [-0.1, -0.05) is 6.07 Å². The van der Waals surface area contributed by atoms with Crippen LogP contribution >= 0.6 is 15.9 Å². The maximum Gasteiger partial charge on any atom is 0.257 e. The van der Waals surface area contributed by atoms with Gasteiger partial charge in [-0.05, 0) is 66.8 Å². The van der Waals surface area contributed by atoms with Gasteiger partial charge in [-0.25, -0.2) is 4.98 Å².